The van der Waals surface area contributed by atoms with E-state index in [4.69, 9.17) is 0 Å². The number of hydrogen-bond acceptors (Lipinski definition) is 1. The zero-order valence-electron chi connectivity index (χ0n) is 12.1. The van der Waals surface area contributed by atoms with Crippen LogP contribution < -0.4 is 5.32 Å². The molecule has 1 N–H and O–H groups in total. The molecular weight excluding hydrogens is 230 g/mol. The second kappa shape index (κ2) is 6.53. The maximum Gasteiger partial charge on any atom is 0.0145 e. The average Bonchev–Trinajstić information content (AvgIpc) is 2.40. The number of benzene rings is 2. The SMILES string of the molecule is CNC(Cc1cccc(C)c1)Cc1ccccc1C. The van der Waals surface area contributed by atoms with Crippen molar-refractivity contribution in [3.8, 4) is 0 Å². The standard InChI is InChI=1S/C18H23N/c1-14-7-6-9-16(11-14)12-18(19-3)13-17-10-5-4-8-15(17)2/h4-11,18-19H,12-13H2,1-3H3. The Balaban J connectivity index is 2.07. The Morgan fingerprint density at radius 3 is 2.42 bits per heavy atom. The molecule has 0 fully saturated rings. The fourth-order valence-corrected chi connectivity index (χ4v) is 2.50. The second-order valence-corrected chi connectivity index (χ2v) is 5.31. The monoisotopic (exact) mass is 253 g/mol. The molecule has 0 heterocycles. The molecule has 2 aromatic carbocycles. The Morgan fingerprint density at radius 2 is 1.74 bits per heavy atom. The van der Waals surface area contributed by atoms with E-state index in [0.29, 0.717) is 6.04 Å². The first-order chi connectivity index (χ1) is 9.19. The van der Waals surface area contributed by atoms with Crippen molar-refractivity contribution in [1.29, 1.82) is 0 Å². The molecule has 0 saturated carbocycles. The molecule has 100 valence electrons. The smallest absolute Gasteiger partial charge is 0.0145 e. The normalized spacial score (nSPS) is 12.4. The van der Waals surface area contributed by atoms with Crippen LogP contribution in [0, 0.1) is 13.8 Å². The minimum atomic E-state index is 0.489. The lowest BCUT2D eigenvalue weighted by atomic mass is 9.96. The van der Waals surface area contributed by atoms with Crippen LogP contribution in [0.15, 0.2) is 48.5 Å². The van der Waals surface area contributed by atoms with Crippen molar-refractivity contribution in [3.63, 3.8) is 0 Å². The summed E-state index contributed by atoms with van der Waals surface area (Å²) in [5, 5.41) is 3.45. The summed E-state index contributed by atoms with van der Waals surface area (Å²) in [6, 6.07) is 17.9. The van der Waals surface area contributed by atoms with Gasteiger partial charge in [-0.15, -0.1) is 0 Å². The summed E-state index contributed by atoms with van der Waals surface area (Å²) < 4.78 is 0. The lowest BCUT2D eigenvalue weighted by Gasteiger charge is -2.18. The van der Waals surface area contributed by atoms with Crippen molar-refractivity contribution in [1.82, 2.24) is 5.32 Å². The van der Waals surface area contributed by atoms with E-state index in [9.17, 15) is 0 Å². The predicted molar refractivity (Wildman–Crippen MR) is 82.6 cm³/mol. The van der Waals surface area contributed by atoms with E-state index >= 15 is 0 Å². The molecule has 0 radical (unpaired) electrons. The molecule has 1 unspecified atom stereocenters. The molecule has 19 heavy (non-hydrogen) atoms. The van der Waals surface area contributed by atoms with Crippen molar-refractivity contribution in [3.05, 3.63) is 70.8 Å². The van der Waals surface area contributed by atoms with Gasteiger partial charge in [0.25, 0.3) is 0 Å². The number of hydrogen-bond donors (Lipinski definition) is 1. The molecule has 1 atom stereocenters. The molecule has 0 aliphatic rings. The van der Waals surface area contributed by atoms with E-state index in [0.717, 1.165) is 12.8 Å². The number of nitrogens with one attached hydrogen (secondary N) is 1. The third-order valence-electron chi connectivity index (χ3n) is 3.70. The van der Waals surface area contributed by atoms with Crippen LogP contribution in [0.1, 0.15) is 22.3 Å². The Hall–Kier alpha value is -1.60. The minimum absolute atomic E-state index is 0.489. The molecule has 0 aliphatic carbocycles. The molecule has 2 rings (SSSR count). The number of likely N-dealkylation sites (N-methyl/N-ethyl adjacent to an activating group) is 1. The van der Waals surface area contributed by atoms with Crippen LogP contribution in [0.4, 0.5) is 0 Å². The molecular formula is C18H23N. The summed E-state index contributed by atoms with van der Waals surface area (Å²) >= 11 is 0. The van der Waals surface area contributed by atoms with Crippen molar-refractivity contribution < 1.29 is 0 Å². The zero-order chi connectivity index (χ0) is 13.7. The highest BCUT2D eigenvalue weighted by atomic mass is 14.9. The van der Waals surface area contributed by atoms with Gasteiger partial charge in [-0.3, -0.25) is 0 Å². The molecule has 2 aromatic rings. The maximum atomic E-state index is 3.45. The van der Waals surface area contributed by atoms with Crippen LogP contribution in [0.2, 0.25) is 0 Å². The van der Waals surface area contributed by atoms with Gasteiger partial charge in [0.05, 0.1) is 0 Å². The third kappa shape index (κ3) is 3.93. The second-order valence-electron chi connectivity index (χ2n) is 5.31. The molecule has 0 spiro atoms. The molecule has 0 aromatic heterocycles. The molecule has 1 nitrogen and oxygen atoms in total. The first-order valence-electron chi connectivity index (χ1n) is 6.96. The van der Waals surface area contributed by atoms with Gasteiger partial charge >= 0.3 is 0 Å². The van der Waals surface area contributed by atoms with Gasteiger partial charge in [-0.05, 0) is 50.4 Å². The van der Waals surface area contributed by atoms with Gasteiger partial charge in [-0.2, -0.15) is 0 Å². The Labute approximate surface area is 116 Å². The fourth-order valence-electron chi connectivity index (χ4n) is 2.50. The van der Waals surface area contributed by atoms with Gasteiger partial charge in [0.15, 0.2) is 0 Å². The summed E-state index contributed by atoms with van der Waals surface area (Å²) in [7, 11) is 2.05. The van der Waals surface area contributed by atoms with Crippen molar-refractivity contribution >= 4 is 0 Å². The summed E-state index contributed by atoms with van der Waals surface area (Å²) in [5.74, 6) is 0. The van der Waals surface area contributed by atoms with E-state index in [1.807, 2.05) is 0 Å². The average molecular weight is 253 g/mol. The maximum absolute atomic E-state index is 3.45. The van der Waals surface area contributed by atoms with Crippen LogP contribution in [-0.4, -0.2) is 13.1 Å². The largest absolute Gasteiger partial charge is 0.316 e. The highest BCUT2D eigenvalue weighted by Gasteiger charge is 2.09. The molecule has 1 heteroatoms. The molecule has 0 amide bonds. The van der Waals surface area contributed by atoms with E-state index in [1.54, 1.807) is 0 Å². The Bertz CT molecular complexity index is 531. The minimum Gasteiger partial charge on any atom is -0.316 e. The van der Waals surface area contributed by atoms with Crippen molar-refractivity contribution in [2.24, 2.45) is 0 Å². The predicted octanol–water partition coefficient (Wildman–Crippen LogP) is 3.68. The lowest BCUT2D eigenvalue weighted by molar-refractivity contribution is 0.555. The van der Waals surface area contributed by atoms with Gasteiger partial charge < -0.3 is 5.32 Å². The first kappa shape index (κ1) is 13.8. The van der Waals surface area contributed by atoms with Gasteiger partial charge in [0.2, 0.25) is 0 Å². The summed E-state index contributed by atoms with van der Waals surface area (Å²) in [5.41, 5.74) is 5.57. The van der Waals surface area contributed by atoms with Crippen LogP contribution in [-0.2, 0) is 12.8 Å². The first-order valence-corrected chi connectivity index (χ1v) is 6.96. The van der Waals surface area contributed by atoms with Gasteiger partial charge in [0, 0.05) is 6.04 Å². The Kier molecular flexibility index (Phi) is 4.75. The molecule has 0 saturated heterocycles. The van der Waals surface area contributed by atoms with Crippen molar-refractivity contribution in [2.45, 2.75) is 32.7 Å². The Morgan fingerprint density at radius 1 is 0.947 bits per heavy atom. The molecule has 0 bridgehead atoms. The fraction of sp³-hybridized carbons (Fsp3) is 0.333. The van der Waals surface area contributed by atoms with Crippen LogP contribution in [0.25, 0.3) is 0 Å². The van der Waals surface area contributed by atoms with E-state index in [-0.39, 0.29) is 0 Å². The van der Waals surface area contributed by atoms with Crippen LogP contribution in [0.5, 0.6) is 0 Å². The van der Waals surface area contributed by atoms with E-state index in [1.165, 1.54) is 22.3 Å². The van der Waals surface area contributed by atoms with Crippen LogP contribution in [0.3, 0.4) is 0 Å². The van der Waals surface area contributed by atoms with Crippen molar-refractivity contribution in [2.75, 3.05) is 7.05 Å². The quantitative estimate of drug-likeness (QED) is 0.857. The van der Waals surface area contributed by atoms with Gasteiger partial charge in [-0.25, -0.2) is 0 Å². The third-order valence-corrected chi connectivity index (χ3v) is 3.70. The number of aryl methyl sites for hydroxylation is 2. The summed E-state index contributed by atoms with van der Waals surface area (Å²) in [6.45, 7) is 4.34. The zero-order valence-corrected chi connectivity index (χ0v) is 12.1. The highest BCUT2D eigenvalue weighted by Crippen LogP contribution is 2.13. The highest BCUT2D eigenvalue weighted by molar-refractivity contribution is 5.28. The van der Waals surface area contributed by atoms with Gasteiger partial charge in [0.1, 0.15) is 0 Å². The topological polar surface area (TPSA) is 12.0 Å². The van der Waals surface area contributed by atoms with E-state index < -0.39 is 0 Å². The summed E-state index contributed by atoms with van der Waals surface area (Å²) in [4.78, 5) is 0. The lowest BCUT2D eigenvalue weighted by Crippen LogP contribution is -2.30. The van der Waals surface area contributed by atoms with Crippen LogP contribution >= 0.6 is 0 Å². The van der Waals surface area contributed by atoms with Gasteiger partial charge in [-0.1, -0.05) is 54.1 Å². The van der Waals surface area contributed by atoms with E-state index in [2.05, 4.69) is 74.7 Å². The summed E-state index contributed by atoms with van der Waals surface area (Å²) in [6.07, 6.45) is 2.16. The number of rotatable bonds is 5. The molecule has 0 aliphatic heterocycles.